The number of H-pyrrole nitrogens is 3. The van der Waals surface area contributed by atoms with Gasteiger partial charge in [-0.3, -0.25) is 43.7 Å². The number of imide groups is 1. The van der Waals surface area contributed by atoms with Gasteiger partial charge in [-0.2, -0.15) is 0 Å². The number of imidazole rings is 2. The van der Waals surface area contributed by atoms with Gasteiger partial charge in [-0.1, -0.05) is 59.7 Å². The van der Waals surface area contributed by atoms with E-state index in [9.17, 15) is 38.4 Å². The molecule has 4 aromatic rings. The maximum atomic E-state index is 14.0. The number of nitrogens with one attached hydrogen (secondary N) is 10. The quantitative estimate of drug-likeness (QED) is 0.0367. The van der Waals surface area contributed by atoms with E-state index in [0.717, 1.165) is 10.9 Å². The summed E-state index contributed by atoms with van der Waals surface area (Å²) >= 11 is 0. The van der Waals surface area contributed by atoms with Crippen LogP contribution < -0.4 is 43.0 Å². The summed E-state index contributed by atoms with van der Waals surface area (Å²) < 4.78 is 5.95. The number of para-hydroxylation sites is 1. The maximum absolute atomic E-state index is 14.0. The van der Waals surface area contributed by atoms with E-state index in [2.05, 4.69) is 62.1 Å². The lowest BCUT2D eigenvalue weighted by Gasteiger charge is -2.28. The smallest absolute Gasteiger partial charge is 0.246 e. The Kier molecular flexibility index (Phi) is 21.0. The Balaban J connectivity index is 1.40. The standard InChI is InChI=1S/C47H69N13O9/c1-25(2)13-33(22-69-39(42(48)63)14-26(3)4)57-38(17-32-20-50-24-54-32)46(67)59-40(62)21-52-47(68)41(27(5)6)60-43(64)28(7)55-44(65)36(15-30-18-51-35-12-10-9-11-34(30)35)58-45(66)37(56-29(8)61)16-31-19-49-23-53-31/h9-12,18-20,23-28,33,36-39,41,51,57H,13-17,21-22H2,1-8H3,(H2,48,63)(H,49,53)(H,50,54)(H,52,68)(H,55,65)(H,56,61)(H,58,66)(H,60,64)(H,59,62,67)/t28-,33-,36-,37-,38-,39-,41-/m0/s1. The summed E-state index contributed by atoms with van der Waals surface area (Å²) in [5, 5.41) is 19.6. The Morgan fingerprint density at radius 3 is 1.87 bits per heavy atom. The summed E-state index contributed by atoms with van der Waals surface area (Å²) in [7, 11) is 0. The summed E-state index contributed by atoms with van der Waals surface area (Å²) in [6.07, 6.45) is 8.02. The third kappa shape index (κ3) is 17.9. The fourth-order valence-electron chi connectivity index (χ4n) is 7.62. The third-order valence-electron chi connectivity index (χ3n) is 11.1. The molecule has 3 aromatic heterocycles. The molecule has 0 aliphatic rings. The molecule has 0 unspecified atom stereocenters. The molecule has 8 amide bonds. The van der Waals surface area contributed by atoms with Crippen LogP contribution in [0.5, 0.6) is 0 Å². The molecule has 4 rings (SSSR count). The van der Waals surface area contributed by atoms with Gasteiger partial charge in [-0.25, -0.2) is 9.97 Å². The molecule has 7 atom stereocenters. The molecule has 69 heavy (non-hydrogen) atoms. The largest absolute Gasteiger partial charge is 0.367 e. The molecular weight excluding hydrogens is 891 g/mol. The molecule has 12 N–H and O–H groups in total. The van der Waals surface area contributed by atoms with Gasteiger partial charge in [0.15, 0.2) is 0 Å². The zero-order valence-electron chi connectivity index (χ0n) is 40.6. The molecule has 0 radical (unpaired) electrons. The van der Waals surface area contributed by atoms with E-state index in [-0.39, 0.29) is 37.7 Å². The molecular formula is C47H69N13O9. The Morgan fingerprint density at radius 2 is 1.29 bits per heavy atom. The van der Waals surface area contributed by atoms with Gasteiger partial charge in [-0.15, -0.1) is 0 Å². The minimum atomic E-state index is -1.22. The molecule has 0 fully saturated rings. The van der Waals surface area contributed by atoms with Crippen LogP contribution in [0.1, 0.15) is 85.2 Å². The van der Waals surface area contributed by atoms with Crippen LogP contribution in [-0.4, -0.2) is 128 Å². The molecule has 0 spiro atoms. The number of aromatic amines is 3. The molecule has 3 heterocycles. The highest BCUT2D eigenvalue weighted by Gasteiger charge is 2.33. The first kappa shape index (κ1) is 54.7. The van der Waals surface area contributed by atoms with E-state index >= 15 is 0 Å². The lowest BCUT2D eigenvalue weighted by Crippen LogP contribution is -2.59. The van der Waals surface area contributed by atoms with Crippen LogP contribution in [0.3, 0.4) is 0 Å². The third-order valence-corrected chi connectivity index (χ3v) is 11.1. The van der Waals surface area contributed by atoms with Crippen molar-refractivity contribution < 1.29 is 43.1 Å². The van der Waals surface area contributed by atoms with Crippen LogP contribution in [0.4, 0.5) is 0 Å². The lowest BCUT2D eigenvalue weighted by molar-refractivity contribution is -0.135. The van der Waals surface area contributed by atoms with Gasteiger partial charge < -0.3 is 57.3 Å². The van der Waals surface area contributed by atoms with E-state index < -0.39 is 102 Å². The molecule has 1 aromatic carbocycles. The normalized spacial score (nSPS) is 14.5. The van der Waals surface area contributed by atoms with Gasteiger partial charge in [0.05, 0.1) is 31.8 Å². The van der Waals surface area contributed by atoms with E-state index in [1.54, 1.807) is 26.2 Å². The predicted octanol–water partition coefficient (Wildman–Crippen LogP) is 0.326. The number of ether oxygens (including phenoxy) is 1. The second-order valence-electron chi connectivity index (χ2n) is 18.4. The Morgan fingerprint density at radius 1 is 0.681 bits per heavy atom. The summed E-state index contributed by atoms with van der Waals surface area (Å²) in [4.78, 5) is 123. The second kappa shape index (κ2) is 26.6. The molecule has 0 bridgehead atoms. The van der Waals surface area contributed by atoms with Gasteiger partial charge in [0.1, 0.15) is 30.3 Å². The van der Waals surface area contributed by atoms with E-state index in [4.69, 9.17) is 10.5 Å². The molecule has 0 saturated carbocycles. The minimum absolute atomic E-state index is 0.0110. The minimum Gasteiger partial charge on any atom is -0.367 e. The SMILES string of the molecule is CC(=O)N[C@@H](Cc1cnc[nH]1)C(=O)N[C@@H](Cc1c[nH]c2ccccc12)C(=O)N[C@@H](C)C(=O)N[C@H](C(=O)NCC(=O)NC(=O)[C@H](Cc1cnc[nH]1)N[C@H](CO[C@@H](CC(C)C)C(N)=O)CC(C)C)C(C)C. The highest BCUT2D eigenvalue weighted by atomic mass is 16.5. The summed E-state index contributed by atoms with van der Waals surface area (Å²) in [6.45, 7) is 13.4. The van der Waals surface area contributed by atoms with Crippen LogP contribution >= 0.6 is 0 Å². The number of fused-ring (bicyclic) bond motifs is 1. The van der Waals surface area contributed by atoms with Crippen molar-refractivity contribution in [2.45, 2.75) is 130 Å². The Hall–Kier alpha value is -6.94. The van der Waals surface area contributed by atoms with Gasteiger partial charge in [0.25, 0.3) is 0 Å². The number of rotatable bonds is 28. The van der Waals surface area contributed by atoms with Crippen LogP contribution in [0.2, 0.25) is 0 Å². The maximum Gasteiger partial charge on any atom is 0.246 e. The van der Waals surface area contributed by atoms with Gasteiger partial charge >= 0.3 is 0 Å². The van der Waals surface area contributed by atoms with Crippen LogP contribution in [0, 0.1) is 17.8 Å². The van der Waals surface area contributed by atoms with Crippen molar-refractivity contribution in [2.75, 3.05) is 13.2 Å². The van der Waals surface area contributed by atoms with Crippen molar-refractivity contribution in [1.82, 2.24) is 62.1 Å². The highest BCUT2D eigenvalue weighted by Crippen LogP contribution is 2.20. The number of nitrogens with two attached hydrogens (primary N) is 1. The number of amides is 8. The van der Waals surface area contributed by atoms with Gasteiger partial charge in [-0.05, 0) is 49.1 Å². The highest BCUT2D eigenvalue weighted by molar-refractivity contribution is 6.00. The summed E-state index contributed by atoms with van der Waals surface area (Å²) in [5.41, 5.74) is 8.29. The number of nitrogens with zero attached hydrogens (tertiary/aromatic N) is 2. The van der Waals surface area contributed by atoms with Crippen molar-refractivity contribution in [2.24, 2.45) is 23.5 Å². The first-order valence-corrected chi connectivity index (χ1v) is 23.2. The summed E-state index contributed by atoms with van der Waals surface area (Å²) in [5.74, 6) is -5.57. The first-order chi connectivity index (χ1) is 32.7. The van der Waals surface area contributed by atoms with E-state index in [0.29, 0.717) is 29.8 Å². The predicted molar refractivity (Wildman–Crippen MR) is 255 cm³/mol. The zero-order valence-corrected chi connectivity index (χ0v) is 40.6. The molecule has 0 saturated heterocycles. The fourth-order valence-corrected chi connectivity index (χ4v) is 7.62. The zero-order chi connectivity index (χ0) is 50.8. The van der Waals surface area contributed by atoms with Crippen LogP contribution in [-0.2, 0) is 62.4 Å². The number of hydrogen-bond acceptors (Lipinski definition) is 12. The lowest BCUT2D eigenvalue weighted by atomic mass is 10.0. The fraction of sp³-hybridized carbons (Fsp3) is 0.532. The Labute approximate surface area is 401 Å². The molecule has 0 aliphatic heterocycles. The number of primary amides is 1. The Bertz CT molecular complexity index is 2330. The molecule has 22 heteroatoms. The topological polar surface area (TPSA) is 329 Å². The van der Waals surface area contributed by atoms with Crippen molar-refractivity contribution in [1.29, 1.82) is 0 Å². The van der Waals surface area contributed by atoms with Gasteiger partial charge in [0.2, 0.25) is 47.3 Å². The average molecular weight is 960 g/mol. The summed E-state index contributed by atoms with van der Waals surface area (Å²) in [6, 6.07) is 1.35. The van der Waals surface area contributed by atoms with Gasteiger partial charge in [0, 0.05) is 73.1 Å². The van der Waals surface area contributed by atoms with Crippen molar-refractivity contribution in [3.63, 3.8) is 0 Å². The number of hydrogen-bond donors (Lipinski definition) is 11. The molecule has 22 nitrogen and oxygen atoms in total. The van der Waals surface area contributed by atoms with E-state index in [1.165, 1.54) is 32.7 Å². The van der Waals surface area contributed by atoms with Crippen molar-refractivity contribution in [3.05, 3.63) is 72.5 Å². The number of carbonyl (C=O) groups is 8. The molecule has 0 aliphatic carbocycles. The van der Waals surface area contributed by atoms with Crippen molar-refractivity contribution >= 4 is 58.2 Å². The molecule has 376 valence electrons. The van der Waals surface area contributed by atoms with Crippen molar-refractivity contribution in [3.8, 4) is 0 Å². The average Bonchev–Trinajstić information content (AvgIpc) is 4.08. The second-order valence-corrected chi connectivity index (χ2v) is 18.4. The first-order valence-electron chi connectivity index (χ1n) is 23.2. The van der Waals surface area contributed by atoms with Crippen LogP contribution in [0.15, 0.2) is 55.5 Å². The van der Waals surface area contributed by atoms with E-state index in [1.807, 2.05) is 52.0 Å². The number of aromatic nitrogens is 5. The monoisotopic (exact) mass is 960 g/mol. The van der Waals surface area contributed by atoms with Crippen LogP contribution in [0.25, 0.3) is 10.9 Å². The number of carbonyl (C=O) groups excluding carboxylic acids is 8. The number of benzene rings is 1.